The molecule has 144 valence electrons. The van der Waals surface area contributed by atoms with E-state index in [-0.39, 0.29) is 11.9 Å². The molecule has 1 fully saturated rings. The lowest BCUT2D eigenvalue weighted by Gasteiger charge is -2.30. The number of nitrogens with one attached hydrogen (secondary N) is 4. The molecule has 2 atom stereocenters. The quantitative estimate of drug-likeness (QED) is 0.639. The van der Waals surface area contributed by atoms with Gasteiger partial charge < -0.3 is 15.4 Å². The van der Waals surface area contributed by atoms with Crippen LogP contribution in [0, 0.1) is 6.92 Å². The van der Waals surface area contributed by atoms with Crippen molar-refractivity contribution in [3.05, 3.63) is 35.0 Å². The summed E-state index contributed by atoms with van der Waals surface area (Å²) in [7, 11) is 1.50. The Balaban J connectivity index is 1.77. The van der Waals surface area contributed by atoms with E-state index in [0.29, 0.717) is 34.4 Å². The Morgan fingerprint density at radius 1 is 1.37 bits per heavy atom. The van der Waals surface area contributed by atoms with Gasteiger partial charge in [0.1, 0.15) is 11.6 Å². The lowest BCUT2D eigenvalue weighted by molar-refractivity contribution is -0.125. The molecule has 10 heteroatoms. The second-order valence-electron chi connectivity index (χ2n) is 6.28. The molecule has 2 aromatic rings. The number of aromatic nitrogens is 2. The van der Waals surface area contributed by atoms with Crippen molar-refractivity contribution in [1.29, 1.82) is 0 Å². The lowest BCUT2D eigenvalue weighted by Crippen LogP contribution is -2.52. The van der Waals surface area contributed by atoms with Crippen molar-refractivity contribution in [2.75, 3.05) is 17.7 Å². The molecular formula is C17H21ClN6O3. The van der Waals surface area contributed by atoms with Gasteiger partial charge in [-0.2, -0.15) is 5.10 Å². The van der Waals surface area contributed by atoms with Crippen molar-refractivity contribution in [2.45, 2.75) is 32.6 Å². The van der Waals surface area contributed by atoms with E-state index in [0.717, 1.165) is 0 Å². The van der Waals surface area contributed by atoms with Crippen LogP contribution in [0.25, 0.3) is 0 Å². The molecule has 0 aliphatic carbocycles. The Bertz CT molecular complexity index is 868. The van der Waals surface area contributed by atoms with Gasteiger partial charge in [-0.15, -0.1) is 0 Å². The molecule has 1 aromatic heterocycles. The third-order valence-electron chi connectivity index (χ3n) is 3.99. The predicted molar refractivity (Wildman–Crippen MR) is 102 cm³/mol. The van der Waals surface area contributed by atoms with Crippen molar-refractivity contribution >= 4 is 35.0 Å². The van der Waals surface area contributed by atoms with Gasteiger partial charge in [0, 0.05) is 23.6 Å². The summed E-state index contributed by atoms with van der Waals surface area (Å²) >= 11 is 5.99. The van der Waals surface area contributed by atoms with Crippen LogP contribution in [-0.2, 0) is 4.79 Å². The number of amides is 3. The van der Waals surface area contributed by atoms with E-state index in [9.17, 15) is 9.59 Å². The standard InChI is InChI=1S/C17H21ClN6O3/c1-9-7-15(25)22-16(19-9)24-14(6-10(2)23-24)21-17(26)20-12-8-11(18)4-5-13(12)27-3/h4-6,8-9,16,19H,7H2,1-3H3,(H,22,25)(H2,20,21,26). The second kappa shape index (κ2) is 7.85. The van der Waals surface area contributed by atoms with E-state index in [1.165, 1.54) is 11.8 Å². The van der Waals surface area contributed by atoms with Gasteiger partial charge >= 0.3 is 6.03 Å². The van der Waals surface area contributed by atoms with Crippen LogP contribution in [0.3, 0.4) is 0 Å². The molecule has 1 aliphatic heterocycles. The summed E-state index contributed by atoms with van der Waals surface area (Å²) in [4.78, 5) is 24.3. The first-order valence-corrected chi connectivity index (χ1v) is 8.76. The number of anilines is 2. The number of carbonyl (C=O) groups is 2. The number of nitrogens with zero attached hydrogens (tertiary/aromatic N) is 2. The Morgan fingerprint density at radius 3 is 2.85 bits per heavy atom. The zero-order chi connectivity index (χ0) is 19.6. The van der Waals surface area contributed by atoms with Crippen LogP contribution in [-0.4, -0.2) is 34.9 Å². The van der Waals surface area contributed by atoms with Gasteiger partial charge in [0.15, 0.2) is 6.29 Å². The van der Waals surface area contributed by atoms with Gasteiger partial charge in [0.05, 0.1) is 18.5 Å². The maximum atomic E-state index is 12.5. The van der Waals surface area contributed by atoms with Crippen molar-refractivity contribution < 1.29 is 14.3 Å². The first-order chi connectivity index (χ1) is 12.9. The van der Waals surface area contributed by atoms with Crippen LogP contribution < -0.4 is 26.0 Å². The molecule has 3 amide bonds. The van der Waals surface area contributed by atoms with E-state index < -0.39 is 12.3 Å². The number of benzene rings is 1. The summed E-state index contributed by atoms with van der Waals surface area (Å²) < 4.78 is 6.75. The molecule has 3 rings (SSSR count). The third-order valence-corrected chi connectivity index (χ3v) is 4.22. The topological polar surface area (TPSA) is 109 Å². The third kappa shape index (κ3) is 4.50. The first kappa shape index (κ1) is 19.0. The summed E-state index contributed by atoms with van der Waals surface area (Å²) in [5, 5.41) is 16.3. The highest BCUT2D eigenvalue weighted by molar-refractivity contribution is 6.31. The molecule has 2 unspecified atom stereocenters. The number of urea groups is 1. The monoisotopic (exact) mass is 392 g/mol. The first-order valence-electron chi connectivity index (χ1n) is 8.39. The Labute approximate surface area is 161 Å². The molecule has 9 nitrogen and oxygen atoms in total. The molecule has 27 heavy (non-hydrogen) atoms. The number of halogens is 1. The zero-order valence-corrected chi connectivity index (χ0v) is 15.9. The maximum Gasteiger partial charge on any atom is 0.324 e. The normalized spacial score (nSPS) is 19.3. The highest BCUT2D eigenvalue weighted by atomic mass is 35.5. The van der Waals surface area contributed by atoms with Gasteiger partial charge in [-0.3, -0.25) is 15.4 Å². The molecule has 1 aliphatic rings. The second-order valence-corrected chi connectivity index (χ2v) is 6.72. The fourth-order valence-electron chi connectivity index (χ4n) is 2.85. The fourth-order valence-corrected chi connectivity index (χ4v) is 3.02. The molecule has 0 saturated carbocycles. The smallest absolute Gasteiger partial charge is 0.324 e. The molecule has 0 spiro atoms. The van der Waals surface area contributed by atoms with E-state index in [1.807, 2.05) is 6.92 Å². The fraction of sp³-hybridized carbons (Fsp3) is 0.353. The van der Waals surface area contributed by atoms with Gasteiger partial charge in [0.25, 0.3) is 0 Å². The Morgan fingerprint density at radius 2 is 2.15 bits per heavy atom. The van der Waals surface area contributed by atoms with Crippen molar-refractivity contribution in [3.63, 3.8) is 0 Å². The Kier molecular flexibility index (Phi) is 5.52. The molecule has 1 saturated heterocycles. The summed E-state index contributed by atoms with van der Waals surface area (Å²) in [6.45, 7) is 3.71. The predicted octanol–water partition coefficient (Wildman–Crippen LogP) is 2.45. The number of hydrogen-bond acceptors (Lipinski definition) is 5. The van der Waals surface area contributed by atoms with Gasteiger partial charge in [-0.25, -0.2) is 9.48 Å². The highest BCUT2D eigenvalue weighted by Gasteiger charge is 2.26. The Hall–Kier alpha value is -2.78. The summed E-state index contributed by atoms with van der Waals surface area (Å²) in [5.41, 5.74) is 1.13. The minimum Gasteiger partial charge on any atom is -0.495 e. The highest BCUT2D eigenvalue weighted by Crippen LogP contribution is 2.28. The van der Waals surface area contributed by atoms with Crippen LogP contribution in [0.1, 0.15) is 25.3 Å². The zero-order valence-electron chi connectivity index (χ0n) is 15.2. The van der Waals surface area contributed by atoms with Crippen molar-refractivity contribution in [2.24, 2.45) is 0 Å². The van der Waals surface area contributed by atoms with Crippen LogP contribution in [0.4, 0.5) is 16.3 Å². The van der Waals surface area contributed by atoms with Crippen LogP contribution in [0.5, 0.6) is 5.75 Å². The van der Waals surface area contributed by atoms with E-state index in [4.69, 9.17) is 16.3 Å². The average Bonchev–Trinajstić information content (AvgIpc) is 2.94. The maximum absolute atomic E-state index is 12.5. The van der Waals surface area contributed by atoms with Crippen LogP contribution in [0.15, 0.2) is 24.3 Å². The lowest BCUT2D eigenvalue weighted by atomic mass is 10.2. The molecular weight excluding hydrogens is 372 g/mol. The van der Waals surface area contributed by atoms with E-state index in [2.05, 4.69) is 26.4 Å². The van der Waals surface area contributed by atoms with Crippen LogP contribution >= 0.6 is 11.6 Å². The molecule has 4 N–H and O–H groups in total. The van der Waals surface area contributed by atoms with Crippen molar-refractivity contribution in [3.8, 4) is 5.75 Å². The van der Waals surface area contributed by atoms with Gasteiger partial charge in [-0.1, -0.05) is 11.6 Å². The number of carbonyl (C=O) groups excluding carboxylic acids is 2. The molecule has 2 heterocycles. The largest absolute Gasteiger partial charge is 0.495 e. The number of aryl methyl sites for hydroxylation is 1. The van der Waals surface area contributed by atoms with Gasteiger partial charge in [0.2, 0.25) is 5.91 Å². The molecule has 0 radical (unpaired) electrons. The van der Waals surface area contributed by atoms with Gasteiger partial charge in [-0.05, 0) is 32.0 Å². The average molecular weight is 393 g/mol. The minimum absolute atomic E-state index is 0.00865. The van der Waals surface area contributed by atoms with E-state index in [1.54, 1.807) is 31.2 Å². The van der Waals surface area contributed by atoms with E-state index >= 15 is 0 Å². The SMILES string of the molecule is COc1ccc(Cl)cc1NC(=O)Nc1cc(C)nn1C1NC(=O)CC(C)N1. The number of rotatable bonds is 4. The number of hydrogen-bond donors (Lipinski definition) is 4. The summed E-state index contributed by atoms with van der Waals surface area (Å²) in [5.74, 6) is 0.825. The summed E-state index contributed by atoms with van der Waals surface area (Å²) in [6.07, 6.45) is -0.167. The number of methoxy groups -OCH3 is 1. The summed E-state index contributed by atoms with van der Waals surface area (Å²) in [6, 6.07) is 6.13. The minimum atomic E-state index is -0.550. The molecule has 0 bridgehead atoms. The van der Waals surface area contributed by atoms with Crippen LogP contribution in [0.2, 0.25) is 5.02 Å². The van der Waals surface area contributed by atoms with Crippen molar-refractivity contribution in [1.82, 2.24) is 20.4 Å². The number of ether oxygens (including phenoxy) is 1. The molecule has 1 aromatic carbocycles.